The van der Waals surface area contributed by atoms with Gasteiger partial charge in [-0.1, -0.05) is 37.3 Å². The Hall–Kier alpha value is -1.31. The first-order valence-electron chi connectivity index (χ1n) is 4.38. The Labute approximate surface area is 79.2 Å². The average Bonchev–Trinajstić information content (AvgIpc) is 2.19. The van der Waals surface area contributed by atoms with Gasteiger partial charge in [0.05, 0.1) is 0 Å². The van der Waals surface area contributed by atoms with E-state index in [0.29, 0.717) is 12.5 Å². The molecule has 0 aliphatic carbocycles. The van der Waals surface area contributed by atoms with Gasteiger partial charge < -0.3 is 4.90 Å². The molecule has 0 N–H and O–H groups in total. The van der Waals surface area contributed by atoms with Gasteiger partial charge >= 0.3 is 6.41 Å². The molecule has 0 bridgehead atoms. The van der Waals surface area contributed by atoms with Crippen LogP contribution in [0.5, 0.6) is 0 Å². The molecule has 1 aromatic carbocycles. The first kappa shape index (κ1) is 9.78. The Morgan fingerprint density at radius 2 is 2.00 bits per heavy atom. The van der Waals surface area contributed by atoms with E-state index in [-0.39, 0.29) is 0 Å². The molecule has 0 fully saturated rings. The highest BCUT2D eigenvalue weighted by Gasteiger charge is 2.06. The van der Waals surface area contributed by atoms with E-state index < -0.39 is 0 Å². The van der Waals surface area contributed by atoms with Crippen molar-refractivity contribution in [3.8, 4) is 0 Å². The van der Waals surface area contributed by atoms with Crippen LogP contribution in [0.2, 0.25) is 0 Å². The monoisotopic (exact) mass is 176 g/mol. The Balaban J connectivity index is 2.58. The van der Waals surface area contributed by atoms with E-state index in [9.17, 15) is 4.79 Å². The van der Waals surface area contributed by atoms with Gasteiger partial charge in [-0.15, -0.1) is 0 Å². The van der Waals surface area contributed by atoms with Crippen LogP contribution in [0.15, 0.2) is 30.3 Å². The van der Waals surface area contributed by atoms with E-state index in [2.05, 4.69) is 19.1 Å². The van der Waals surface area contributed by atoms with Crippen molar-refractivity contribution in [1.82, 2.24) is 4.90 Å². The van der Waals surface area contributed by atoms with Crippen LogP contribution in [0, 0.1) is 0 Å². The van der Waals surface area contributed by atoms with Gasteiger partial charge in [-0.2, -0.15) is 0 Å². The van der Waals surface area contributed by atoms with Crippen LogP contribution in [0.25, 0.3) is 0 Å². The molecule has 13 heavy (non-hydrogen) atoms. The Kier molecular flexibility index (Phi) is 3.50. The van der Waals surface area contributed by atoms with Crippen LogP contribution in [0.1, 0.15) is 18.4 Å². The first-order chi connectivity index (χ1) is 6.24. The Morgan fingerprint density at radius 1 is 1.38 bits per heavy atom. The number of hydrogen-bond donors (Lipinski definition) is 0. The van der Waals surface area contributed by atoms with E-state index in [1.54, 1.807) is 7.05 Å². The SMILES string of the molecule is CC(CN(C)[C]=O)c1ccccc1. The third-order valence-corrected chi connectivity index (χ3v) is 2.07. The molecular weight excluding hydrogens is 162 g/mol. The molecule has 1 radical (unpaired) electrons. The van der Waals surface area contributed by atoms with Gasteiger partial charge in [0, 0.05) is 13.6 Å². The summed E-state index contributed by atoms with van der Waals surface area (Å²) in [6, 6.07) is 10.2. The molecule has 0 heterocycles. The molecule has 1 unspecified atom stereocenters. The molecule has 1 aromatic rings. The topological polar surface area (TPSA) is 20.3 Å². The summed E-state index contributed by atoms with van der Waals surface area (Å²) in [5, 5.41) is 0. The highest BCUT2D eigenvalue weighted by Crippen LogP contribution is 2.14. The lowest BCUT2D eigenvalue weighted by Crippen LogP contribution is -2.21. The second-order valence-electron chi connectivity index (χ2n) is 3.28. The number of likely N-dealkylation sites (N-methyl/N-ethyl adjacent to an activating group) is 1. The third-order valence-electron chi connectivity index (χ3n) is 2.07. The molecule has 1 rings (SSSR count). The smallest absolute Gasteiger partial charge is 0.311 e. The van der Waals surface area contributed by atoms with Gasteiger partial charge in [-0.3, -0.25) is 4.79 Å². The molecular formula is C11H14NO. The third kappa shape index (κ3) is 2.90. The molecule has 0 aliphatic heterocycles. The molecule has 0 saturated carbocycles. The zero-order valence-electron chi connectivity index (χ0n) is 8.03. The van der Waals surface area contributed by atoms with Crippen molar-refractivity contribution in [2.24, 2.45) is 0 Å². The maximum Gasteiger partial charge on any atom is 0.311 e. The zero-order chi connectivity index (χ0) is 9.68. The summed E-state index contributed by atoms with van der Waals surface area (Å²) in [4.78, 5) is 11.8. The fraction of sp³-hybridized carbons (Fsp3) is 0.364. The summed E-state index contributed by atoms with van der Waals surface area (Å²) in [5.74, 6) is 0.368. The fourth-order valence-corrected chi connectivity index (χ4v) is 1.34. The molecule has 0 aliphatic rings. The van der Waals surface area contributed by atoms with E-state index in [4.69, 9.17) is 0 Å². The minimum absolute atomic E-state index is 0.368. The van der Waals surface area contributed by atoms with Gasteiger partial charge in [0.2, 0.25) is 0 Å². The number of carbonyl (C=O) groups excluding carboxylic acids is 1. The second kappa shape index (κ2) is 4.65. The van der Waals surface area contributed by atoms with Crippen molar-refractivity contribution in [2.45, 2.75) is 12.8 Å². The summed E-state index contributed by atoms with van der Waals surface area (Å²) < 4.78 is 0. The standard InChI is InChI=1S/C11H14NO/c1-10(8-12(2)9-13)11-6-4-3-5-7-11/h3-7,10H,8H2,1-2H3. The normalized spacial score (nSPS) is 12.2. The summed E-state index contributed by atoms with van der Waals surface area (Å²) in [7, 11) is 1.74. The van der Waals surface area contributed by atoms with Crippen molar-refractivity contribution in [2.75, 3.05) is 13.6 Å². The quantitative estimate of drug-likeness (QED) is 0.640. The van der Waals surface area contributed by atoms with Crippen molar-refractivity contribution in [1.29, 1.82) is 0 Å². The zero-order valence-corrected chi connectivity index (χ0v) is 8.03. The molecule has 0 spiro atoms. The van der Waals surface area contributed by atoms with Crippen molar-refractivity contribution in [3.63, 3.8) is 0 Å². The van der Waals surface area contributed by atoms with Crippen molar-refractivity contribution in [3.05, 3.63) is 35.9 Å². The Bertz CT molecular complexity index is 258. The lowest BCUT2D eigenvalue weighted by Gasteiger charge is -2.16. The summed E-state index contributed by atoms with van der Waals surface area (Å²) in [6.07, 6.45) is 1.85. The van der Waals surface area contributed by atoms with Gasteiger partial charge in [0.15, 0.2) is 0 Å². The van der Waals surface area contributed by atoms with Crippen LogP contribution in [0.4, 0.5) is 0 Å². The first-order valence-corrected chi connectivity index (χ1v) is 4.38. The molecule has 2 heteroatoms. The summed E-state index contributed by atoms with van der Waals surface area (Å²) >= 11 is 0. The number of amides is 1. The van der Waals surface area contributed by atoms with E-state index >= 15 is 0 Å². The molecule has 0 saturated heterocycles. The van der Waals surface area contributed by atoms with Gasteiger partial charge in [-0.25, -0.2) is 0 Å². The summed E-state index contributed by atoms with van der Waals surface area (Å²) in [5.41, 5.74) is 1.25. The van der Waals surface area contributed by atoms with Crippen LogP contribution < -0.4 is 0 Å². The largest absolute Gasteiger partial charge is 0.337 e. The van der Waals surface area contributed by atoms with Crippen LogP contribution in [0.3, 0.4) is 0 Å². The van der Waals surface area contributed by atoms with Crippen molar-refractivity contribution >= 4 is 6.41 Å². The van der Waals surface area contributed by atoms with E-state index in [0.717, 1.165) is 0 Å². The lowest BCUT2D eigenvalue weighted by molar-refractivity contribution is 0.414. The maximum atomic E-state index is 10.3. The molecule has 0 aromatic heterocycles. The minimum Gasteiger partial charge on any atom is -0.337 e. The average molecular weight is 176 g/mol. The fourth-order valence-electron chi connectivity index (χ4n) is 1.34. The highest BCUT2D eigenvalue weighted by molar-refractivity contribution is 5.47. The minimum atomic E-state index is 0.368. The predicted octanol–water partition coefficient (Wildman–Crippen LogP) is 1.79. The van der Waals surface area contributed by atoms with E-state index in [1.807, 2.05) is 24.6 Å². The van der Waals surface area contributed by atoms with Gasteiger partial charge in [0.25, 0.3) is 0 Å². The van der Waals surface area contributed by atoms with Gasteiger partial charge in [0.1, 0.15) is 0 Å². The molecule has 1 amide bonds. The van der Waals surface area contributed by atoms with Crippen LogP contribution in [-0.2, 0) is 4.79 Å². The molecule has 69 valence electrons. The predicted molar refractivity (Wildman–Crippen MR) is 53.2 cm³/mol. The number of hydrogen-bond acceptors (Lipinski definition) is 1. The maximum absolute atomic E-state index is 10.3. The van der Waals surface area contributed by atoms with Crippen molar-refractivity contribution < 1.29 is 4.79 Å². The Morgan fingerprint density at radius 3 is 2.54 bits per heavy atom. The number of rotatable bonds is 4. The number of nitrogens with zero attached hydrogens (tertiary/aromatic N) is 1. The highest BCUT2D eigenvalue weighted by atomic mass is 16.1. The van der Waals surface area contributed by atoms with Crippen LogP contribution >= 0.6 is 0 Å². The van der Waals surface area contributed by atoms with Gasteiger partial charge in [-0.05, 0) is 11.5 Å². The number of benzene rings is 1. The van der Waals surface area contributed by atoms with Crippen LogP contribution in [-0.4, -0.2) is 24.9 Å². The molecule has 2 nitrogen and oxygen atoms in total. The molecule has 1 atom stereocenters. The second-order valence-corrected chi connectivity index (χ2v) is 3.28. The lowest BCUT2D eigenvalue weighted by atomic mass is 10.0. The summed E-state index contributed by atoms with van der Waals surface area (Å²) in [6.45, 7) is 2.82. The van der Waals surface area contributed by atoms with E-state index in [1.165, 1.54) is 10.5 Å².